The molecule has 0 aromatic rings. The van der Waals surface area contributed by atoms with Crippen LogP contribution in [0.5, 0.6) is 0 Å². The number of hydrogen-bond donors (Lipinski definition) is 1. The van der Waals surface area contributed by atoms with Crippen molar-refractivity contribution in [2.24, 2.45) is 0 Å². The Labute approximate surface area is 59.4 Å². The van der Waals surface area contributed by atoms with Crippen molar-refractivity contribution in [3.8, 4) is 0 Å². The van der Waals surface area contributed by atoms with E-state index in [0.717, 1.165) is 0 Å². The van der Waals surface area contributed by atoms with Crippen LogP contribution in [-0.2, 0) is 8.98 Å². The molecule has 1 amide bonds. The maximum absolute atomic E-state index is 10.2. The fourth-order valence-electron chi connectivity index (χ4n) is 0.352. The monoisotopic (exact) mass is 149 g/mol. The van der Waals surface area contributed by atoms with Gasteiger partial charge in [0.1, 0.15) is 0 Å². The van der Waals surface area contributed by atoms with E-state index in [0.29, 0.717) is 13.2 Å². The summed E-state index contributed by atoms with van der Waals surface area (Å²) in [5, 5.41) is 2.60. The van der Waals surface area contributed by atoms with Gasteiger partial charge in [-0.3, -0.25) is 4.79 Å². The van der Waals surface area contributed by atoms with Gasteiger partial charge in [0.25, 0.3) is 0 Å². The molecule has 0 unspecified atom stereocenters. The van der Waals surface area contributed by atoms with Crippen molar-refractivity contribution in [2.75, 3.05) is 19.4 Å². The first-order valence-electron chi connectivity index (χ1n) is 2.67. The van der Waals surface area contributed by atoms with E-state index in [9.17, 15) is 4.79 Å². The maximum atomic E-state index is 10.2. The number of nitrogens with one attached hydrogen (secondary N) is 1. The molecule has 0 saturated carbocycles. The van der Waals surface area contributed by atoms with Crippen molar-refractivity contribution in [1.29, 1.82) is 0 Å². The van der Waals surface area contributed by atoms with Crippen LogP contribution in [0.2, 0.25) is 0 Å². The first-order chi connectivity index (χ1) is 4.27. The van der Waals surface area contributed by atoms with Crippen molar-refractivity contribution < 1.29 is 8.98 Å². The molecule has 0 aromatic heterocycles. The highest BCUT2D eigenvalue weighted by atomic mass is 32.2. The second kappa shape index (κ2) is 5.91. The van der Waals surface area contributed by atoms with Gasteiger partial charge in [-0.25, -0.2) is 0 Å². The lowest BCUT2D eigenvalue weighted by Gasteiger charge is -1.99. The maximum Gasteiger partial charge on any atom is 0.216 e. The molecule has 0 aromatic carbocycles. The second-order valence-corrected chi connectivity index (χ2v) is 2.04. The van der Waals surface area contributed by atoms with Gasteiger partial charge < -0.3 is 9.50 Å². The Morgan fingerprint density at radius 2 is 2.44 bits per heavy atom. The van der Waals surface area contributed by atoms with Gasteiger partial charge in [0.05, 0.1) is 6.61 Å². The lowest BCUT2D eigenvalue weighted by molar-refractivity contribution is -0.119. The molecule has 0 aliphatic carbocycles. The summed E-state index contributed by atoms with van der Waals surface area (Å²) in [5.41, 5.74) is 0. The SMILES string of the molecule is CSOCCNC(C)=O. The van der Waals surface area contributed by atoms with E-state index in [-0.39, 0.29) is 5.91 Å². The summed E-state index contributed by atoms with van der Waals surface area (Å²) in [7, 11) is 0. The highest BCUT2D eigenvalue weighted by molar-refractivity contribution is 7.93. The molecule has 0 rings (SSSR count). The molecule has 0 radical (unpaired) electrons. The predicted octanol–water partition coefficient (Wildman–Crippen LogP) is 0.417. The minimum absolute atomic E-state index is 0.0142. The Kier molecular flexibility index (Phi) is 5.76. The summed E-state index contributed by atoms with van der Waals surface area (Å²) in [6.45, 7) is 2.65. The van der Waals surface area contributed by atoms with Gasteiger partial charge in [-0.05, 0) is 12.0 Å². The molecule has 1 N–H and O–H groups in total. The fraction of sp³-hybridized carbons (Fsp3) is 0.800. The van der Waals surface area contributed by atoms with Crippen LogP contribution in [0, 0.1) is 0 Å². The largest absolute Gasteiger partial charge is 0.354 e. The molecule has 4 heteroatoms. The highest BCUT2D eigenvalue weighted by Crippen LogP contribution is 1.90. The van der Waals surface area contributed by atoms with Crippen LogP contribution in [0.15, 0.2) is 0 Å². The molecule has 0 fully saturated rings. The van der Waals surface area contributed by atoms with Crippen molar-refractivity contribution in [1.82, 2.24) is 5.32 Å². The first kappa shape index (κ1) is 8.78. The van der Waals surface area contributed by atoms with Gasteiger partial charge in [-0.15, -0.1) is 0 Å². The lowest BCUT2D eigenvalue weighted by atomic mass is 10.6. The van der Waals surface area contributed by atoms with Crippen LogP contribution >= 0.6 is 12.0 Å². The molecular formula is C5H11NO2S. The standard InChI is InChI=1S/C5H11NO2S/c1-5(7)6-3-4-8-9-2/h3-4H2,1-2H3,(H,6,7). The van der Waals surface area contributed by atoms with Crippen molar-refractivity contribution >= 4 is 17.9 Å². The topological polar surface area (TPSA) is 38.3 Å². The average Bonchev–Trinajstić information content (AvgIpc) is 1.80. The van der Waals surface area contributed by atoms with Gasteiger partial charge in [-0.2, -0.15) is 0 Å². The zero-order valence-electron chi connectivity index (χ0n) is 5.64. The van der Waals surface area contributed by atoms with E-state index in [1.54, 1.807) is 0 Å². The zero-order valence-corrected chi connectivity index (χ0v) is 6.46. The predicted molar refractivity (Wildman–Crippen MR) is 38.2 cm³/mol. The van der Waals surface area contributed by atoms with Gasteiger partial charge >= 0.3 is 0 Å². The van der Waals surface area contributed by atoms with Crippen LogP contribution in [0.1, 0.15) is 6.92 Å². The quantitative estimate of drug-likeness (QED) is 0.465. The molecule has 0 bridgehead atoms. The summed E-state index contributed by atoms with van der Waals surface area (Å²) >= 11 is 1.30. The number of amides is 1. The first-order valence-corrected chi connectivity index (χ1v) is 3.82. The van der Waals surface area contributed by atoms with Crippen LogP contribution in [-0.4, -0.2) is 25.3 Å². The molecule has 0 aliphatic rings. The van der Waals surface area contributed by atoms with Gasteiger partial charge in [0, 0.05) is 19.7 Å². The third-order valence-electron chi connectivity index (χ3n) is 0.677. The van der Waals surface area contributed by atoms with Crippen molar-refractivity contribution in [3.63, 3.8) is 0 Å². The lowest BCUT2D eigenvalue weighted by Crippen LogP contribution is -2.23. The summed E-state index contributed by atoms with van der Waals surface area (Å²) in [4.78, 5) is 10.2. The molecule has 0 heterocycles. The number of carbonyl (C=O) groups is 1. The molecule has 0 spiro atoms. The van der Waals surface area contributed by atoms with Crippen LogP contribution < -0.4 is 5.32 Å². The Hall–Kier alpha value is -0.220. The molecule has 9 heavy (non-hydrogen) atoms. The molecule has 0 aliphatic heterocycles. The summed E-state index contributed by atoms with van der Waals surface area (Å²) in [6, 6.07) is 0. The Bertz CT molecular complexity index is 87.0. The number of carbonyl (C=O) groups excluding carboxylic acids is 1. The van der Waals surface area contributed by atoms with Crippen LogP contribution in [0.25, 0.3) is 0 Å². The van der Waals surface area contributed by atoms with Crippen LogP contribution in [0.4, 0.5) is 0 Å². The fourth-order valence-corrected chi connectivity index (χ4v) is 0.602. The summed E-state index contributed by atoms with van der Waals surface area (Å²) in [5.74, 6) is -0.0142. The third kappa shape index (κ3) is 7.78. The normalized spacial score (nSPS) is 9.11. The molecule has 3 nitrogen and oxygen atoms in total. The van der Waals surface area contributed by atoms with Gasteiger partial charge in [-0.1, -0.05) is 0 Å². The molecular weight excluding hydrogens is 138 g/mol. The van der Waals surface area contributed by atoms with Crippen molar-refractivity contribution in [3.05, 3.63) is 0 Å². The van der Waals surface area contributed by atoms with E-state index in [1.165, 1.54) is 19.0 Å². The molecule has 0 saturated heterocycles. The average molecular weight is 149 g/mol. The minimum Gasteiger partial charge on any atom is -0.354 e. The Balaban J connectivity index is 2.83. The van der Waals surface area contributed by atoms with Gasteiger partial charge in [0.15, 0.2) is 0 Å². The smallest absolute Gasteiger partial charge is 0.216 e. The van der Waals surface area contributed by atoms with E-state index >= 15 is 0 Å². The Morgan fingerprint density at radius 3 is 2.89 bits per heavy atom. The highest BCUT2D eigenvalue weighted by Gasteiger charge is 1.88. The van der Waals surface area contributed by atoms with Crippen LogP contribution in [0.3, 0.4) is 0 Å². The van der Waals surface area contributed by atoms with E-state index in [4.69, 9.17) is 4.18 Å². The summed E-state index contributed by atoms with van der Waals surface area (Å²) < 4.78 is 4.89. The zero-order chi connectivity index (χ0) is 7.11. The van der Waals surface area contributed by atoms with E-state index in [1.807, 2.05) is 6.26 Å². The van der Waals surface area contributed by atoms with Crippen molar-refractivity contribution in [2.45, 2.75) is 6.92 Å². The minimum atomic E-state index is -0.0142. The van der Waals surface area contributed by atoms with Gasteiger partial charge in [0.2, 0.25) is 5.91 Å². The second-order valence-electron chi connectivity index (χ2n) is 1.47. The molecule has 0 atom stereocenters. The number of rotatable bonds is 4. The summed E-state index contributed by atoms with van der Waals surface area (Å²) in [6.07, 6.45) is 1.84. The Morgan fingerprint density at radius 1 is 1.78 bits per heavy atom. The van der Waals surface area contributed by atoms with E-state index in [2.05, 4.69) is 5.32 Å². The molecule has 54 valence electrons. The van der Waals surface area contributed by atoms with E-state index < -0.39 is 0 Å². The third-order valence-corrected chi connectivity index (χ3v) is 1.08. The number of hydrogen-bond acceptors (Lipinski definition) is 3.